The number of nitro groups is 1. The number of nitrogens with one attached hydrogen (secondary N) is 1. The van der Waals surface area contributed by atoms with E-state index in [-0.39, 0.29) is 11.4 Å². The lowest BCUT2D eigenvalue weighted by atomic mass is 10.3. The monoisotopic (exact) mass is 283 g/mol. The first-order valence-corrected chi connectivity index (χ1v) is 6.75. The highest BCUT2D eigenvalue weighted by molar-refractivity contribution is 5.96. The van der Waals surface area contributed by atoms with Crippen LogP contribution in [-0.2, 0) is 6.54 Å². The fourth-order valence-electron chi connectivity index (χ4n) is 1.82. The molecule has 1 heterocycles. The molecule has 112 valence electrons. The standard InChI is InChI=1S/C12H21N5O3/c1-4-15(5-2)8-7-13-12(18)11-10(17(19)20)9-16(6-3)14-11/h9H,4-8H2,1-3H3,(H,13,18). The van der Waals surface area contributed by atoms with E-state index in [1.165, 1.54) is 10.9 Å². The number of amides is 1. The molecule has 1 N–H and O–H groups in total. The smallest absolute Gasteiger partial charge is 0.320 e. The number of aryl methyl sites for hydroxylation is 1. The Hall–Kier alpha value is -1.96. The van der Waals surface area contributed by atoms with Gasteiger partial charge in [-0.3, -0.25) is 19.6 Å². The first kappa shape index (κ1) is 16.1. The summed E-state index contributed by atoms with van der Waals surface area (Å²) in [5.74, 6) is -0.504. The van der Waals surface area contributed by atoms with Gasteiger partial charge in [-0.15, -0.1) is 0 Å². The number of hydrogen-bond donors (Lipinski definition) is 1. The average molecular weight is 283 g/mol. The number of carbonyl (C=O) groups is 1. The summed E-state index contributed by atoms with van der Waals surface area (Å²) in [6.45, 7) is 9.32. The number of carbonyl (C=O) groups excluding carboxylic acids is 1. The van der Waals surface area contributed by atoms with Crippen LogP contribution >= 0.6 is 0 Å². The van der Waals surface area contributed by atoms with Crippen LogP contribution in [0.3, 0.4) is 0 Å². The predicted octanol–water partition coefficient (Wildman–Crippen LogP) is 0.883. The van der Waals surface area contributed by atoms with Crippen molar-refractivity contribution in [2.24, 2.45) is 0 Å². The van der Waals surface area contributed by atoms with E-state index in [0.29, 0.717) is 19.6 Å². The molecule has 0 aliphatic rings. The van der Waals surface area contributed by atoms with Gasteiger partial charge in [-0.1, -0.05) is 13.8 Å². The normalized spacial score (nSPS) is 10.8. The zero-order valence-corrected chi connectivity index (χ0v) is 12.1. The lowest BCUT2D eigenvalue weighted by Crippen LogP contribution is -2.35. The summed E-state index contributed by atoms with van der Waals surface area (Å²) in [4.78, 5) is 24.4. The zero-order valence-electron chi connectivity index (χ0n) is 12.1. The Kier molecular flexibility index (Phi) is 6.10. The van der Waals surface area contributed by atoms with Crippen LogP contribution in [0.4, 0.5) is 5.69 Å². The summed E-state index contributed by atoms with van der Waals surface area (Å²) in [6.07, 6.45) is 1.28. The van der Waals surface area contributed by atoms with Gasteiger partial charge < -0.3 is 10.2 Å². The van der Waals surface area contributed by atoms with Gasteiger partial charge in [-0.05, 0) is 20.0 Å². The molecule has 20 heavy (non-hydrogen) atoms. The fourth-order valence-corrected chi connectivity index (χ4v) is 1.82. The van der Waals surface area contributed by atoms with Crippen LogP contribution in [0.25, 0.3) is 0 Å². The quantitative estimate of drug-likeness (QED) is 0.564. The van der Waals surface area contributed by atoms with Crippen LogP contribution in [0.1, 0.15) is 31.3 Å². The molecule has 0 aliphatic carbocycles. The molecule has 0 fully saturated rings. The van der Waals surface area contributed by atoms with Gasteiger partial charge in [0.1, 0.15) is 6.20 Å². The third-order valence-electron chi connectivity index (χ3n) is 3.09. The van der Waals surface area contributed by atoms with Gasteiger partial charge >= 0.3 is 5.69 Å². The Morgan fingerprint density at radius 1 is 1.45 bits per heavy atom. The van der Waals surface area contributed by atoms with E-state index >= 15 is 0 Å². The molecular weight excluding hydrogens is 262 g/mol. The van der Waals surface area contributed by atoms with E-state index in [2.05, 4.69) is 15.3 Å². The number of nitrogens with zero attached hydrogens (tertiary/aromatic N) is 4. The van der Waals surface area contributed by atoms with Crippen molar-refractivity contribution >= 4 is 11.6 Å². The Morgan fingerprint density at radius 2 is 2.10 bits per heavy atom. The molecule has 0 radical (unpaired) electrons. The van der Waals surface area contributed by atoms with Gasteiger partial charge in [-0.2, -0.15) is 5.10 Å². The van der Waals surface area contributed by atoms with Crippen molar-refractivity contribution in [3.8, 4) is 0 Å². The summed E-state index contributed by atoms with van der Waals surface area (Å²) >= 11 is 0. The molecule has 0 atom stereocenters. The third kappa shape index (κ3) is 4.02. The summed E-state index contributed by atoms with van der Waals surface area (Å²) in [7, 11) is 0. The second-order valence-electron chi connectivity index (χ2n) is 4.26. The first-order valence-electron chi connectivity index (χ1n) is 6.75. The number of hydrogen-bond acceptors (Lipinski definition) is 5. The molecule has 0 aromatic carbocycles. The Balaban J connectivity index is 2.67. The molecule has 0 saturated carbocycles. The van der Waals surface area contributed by atoms with Crippen molar-refractivity contribution in [3.63, 3.8) is 0 Å². The van der Waals surface area contributed by atoms with Crippen molar-refractivity contribution in [2.75, 3.05) is 26.2 Å². The molecule has 0 unspecified atom stereocenters. The molecule has 0 spiro atoms. The van der Waals surface area contributed by atoms with E-state index in [9.17, 15) is 14.9 Å². The topological polar surface area (TPSA) is 93.3 Å². The van der Waals surface area contributed by atoms with E-state index in [4.69, 9.17) is 0 Å². The molecule has 1 aromatic rings. The van der Waals surface area contributed by atoms with Crippen molar-refractivity contribution in [1.29, 1.82) is 0 Å². The highest BCUT2D eigenvalue weighted by Crippen LogP contribution is 2.16. The SMILES string of the molecule is CCN(CC)CCNC(=O)c1nn(CC)cc1[N+](=O)[O-]. The molecular formula is C12H21N5O3. The van der Waals surface area contributed by atoms with E-state index < -0.39 is 10.8 Å². The molecule has 0 saturated heterocycles. The maximum Gasteiger partial charge on any atom is 0.320 e. The van der Waals surface area contributed by atoms with Gasteiger partial charge in [0.25, 0.3) is 5.91 Å². The highest BCUT2D eigenvalue weighted by atomic mass is 16.6. The second kappa shape index (κ2) is 7.59. The van der Waals surface area contributed by atoms with Crippen molar-refractivity contribution in [2.45, 2.75) is 27.3 Å². The van der Waals surface area contributed by atoms with Crippen LogP contribution in [0, 0.1) is 10.1 Å². The molecule has 8 nitrogen and oxygen atoms in total. The maximum atomic E-state index is 11.9. The van der Waals surface area contributed by atoms with Gasteiger partial charge in [0, 0.05) is 19.6 Å². The van der Waals surface area contributed by atoms with Crippen LogP contribution in [0.15, 0.2) is 6.20 Å². The van der Waals surface area contributed by atoms with Crippen LogP contribution in [0.5, 0.6) is 0 Å². The minimum Gasteiger partial charge on any atom is -0.349 e. The molecule has 0 bridgehead atoms. The molecule has 1 amide bonds. The number of likely N-dealkylation sites (N-methyl/N-ethyl adjacent to an activating group) is 1. The minimum absolute atomic E-state index is 0.128. The molecule has 0 aliphatic heterocycles. The van der Waals surface area contributed by atoms with Crippen LogP contribution in [-0.4, -0.2) is 51.7 Å². The van der Waals surface area contributed by atoms with Crippen molar-refractivity contribution in [3.05, 3.63) is 22.0 Å². The van der Waals surface area contributed by atoms with Gasteiger partial charge in [0.15, 0.2) is 0 Å². The highest BCUT2D eigenvalue weighted by Gasteiger charge is 2.24. The summed E-state index contributed by atoms with van der Waals surface area (Å²) in [6, 6.07) is 0. The van der Waals surface area contributed by atoms with Crippen LogP contribution in [0.2, 0.25) is 0 Å². The maximum absolute atomic E-state index is 11.9. The molecule has 1 aromatic heterocycles. The van der Waals surface area contributed by atoms with Crippen LogP contribution < -0.4 is 5.32 Å². The van der Waals surface area contributed by atoms with Gasteiger partial charge in [-0.25, -0.2) is 0 Å². The predicted molar refractivity (Wildman–Crippen MR) is 74.7 cm³/mol. The zero-order chi connectivity index (χ0) is 15.1. The summed E-state index contributed by atoms with van der Waals surface area (Å²) in [5, 5.41) is 17.5. The van der Waals surface area contributed by atoms with E-state index in [1.54, 1.807) is 6.92 Å². The first-order chi connectivity index (χ1) is 9.53. The lowest BCUT2D eigenvalue weighted by molar-refractivity contribution is -0.385. The third-order valence-corrected chi connectivity index (χ3v) is 3.09. The Bertz CT molecular complexity index is 468. The largest absolute Gasteiger partial charge is 0.349 e. The van der Waals surface area contributed by atoms with E-state index in [0.717, 1.165) is 13.1 Å². The van der Waals surface area contributed by atoms with Gasteiger partial charge in [0.2, 0.25) is 5.69 Å². The second-order valence-corrected chi connectivity index (χ2v) is 4.26. The fraction of sp³-hybridized carbons (Fsp3) is 0.667. The number of rotatable bonds is 8. The average Bonchev–Trinajstić information content (AvgIpc) is 2.88. The Morgan fingerprint density at radius 3 is 2.60 bits per heavy atom. The summed E-state index contributed by atoms with van der Waals surface area (Å²) in [5.41, 5.74) is -0.386. The van der Waals surface area contributed by atoms with Crippen molar-refractivity contribution in [1.82, 2.24) is 20.0 Å². The van der Waals surface area contributed by atoms with Crippen molar-refractivity contribution < 1.29 is 9.72 Å². The van der Waals surface area contributed by atoms with E-state index in [1.807, 2.05) is 13.8 Å². The summed E-state index contributed by atoms with van der Waals surface area (Å²) < 4.78 is 1.39. The molecule has 1 rings (SSSR count). The Labute approximate surface area is 117 Å². The molecule has 8 heteroatoms. The van der Waals surface area contributed by atoms with Gasteiger partial charge in [0.05, 0.1) is 4.92 Å². The lowest BCUT2D eigenvalue weighted by Gasteiger charge is -2.17. The number of aromatic nitrogens is 2. The minimum atomic E-state index is -0.585.